The first-order chi connectivity index (χ1) is 16.0. The van der Waals surface area contributed by atoms with Gasteiger partial charge in [-0.1, -0.05) is 113 Å². The van der Waals surface area contributed by atoms with Gasteiger partial charge in [0.1, 0.15) is 0 Å². The van der Waals surface area contributed by atoms with Crippen LogP contribution >= 0.6 is 0 Å². The summed E-state index contributed by atoms with van der Waals surface area (Å²) in [5.41, 5.74) is 0. The Balaban J connectivity index is 0. The van der Waals surface area contributed by atoms with Gasteiger partial charge < -0.3 is 0 Å². The summed E-state index contributed by atoms with van der Waals surface area (Å²) >= 11 is 0. The molecule has 0 atom stereocenters. The molecule has 0 spiro atoms. The lowest BCUT2D eigenvalue weighted by molar-refractivity contribution is -1.34. The van der Waals surface area contributed by atoms with Crippen molar-refractivity contribution in [3.05, 3.63) is 0 Å². The van der Waals surface area contributed by atoms with Gasteiger partial charge in [0.2, 0.25) is 5.39 Å². The fourth-order valence-corrected chi connectivity index (χ4v) is 3.57. The molecular weight excluding hydrogens is 433 g/mol. The van der Waals surface area contributed by atoms with E-state index in [0.717, 1.165) is 89.9 Å². The molecule has 0 heterocycles. The van der Waals surface area contributed by atoms with Crippen molar-refractivity contribution >= 4 is 26.3 Å². The molecule has 0 aliphatic rings. The first kappa shape index (κ1) is 34.6. The van der Waals surface area contributed by atoms with Gasteiger partial charge in [-0.2, -0.15) is 14.5 Å². The number of quaternary nitrogens is 1. The molecule has 1 N–H and O–H groups in total. The van der Waals surface area contributed by atoms with E-state index in [9.17, 15) is 14.4 Å². The molecule has 0 aliphatic heterocycles. The Morgan fingerprint density at radius 1 is 0.559 bits per heavy atom. The monoisotopic (exact) mass is 487 g/mol. The lowest BCUT2D eigenvalue weighted by Crippen LogP contribution is -3.10. The second-order valence-electron chi connectivity index (χ2n) is 8.93. The standard InChI is InChI=1S/C26H50NO6.BH4/c1-5-9-13-17-21-24(28)31-27(32-25(29)22-18-14-10-6-2)33-26(30)23(19-15-11-7-3)20-16-12-8-4;/h23,27H,5-22H2,1-4H3;1H4/q+1;-1. The zero-order chi connectivity index (χ0) is 24.7. The van der Waals surface area contributed by atoms with Crippen LogP contribution in [0.15, 0.2) is 0 Å². The highest BCUT2D eigenvalue weighted by atomic mass is 17.2. The number of carbonyl (C=O) groups excluding carboxylic acids is 3. The summed E-state index contributed by atoms with van der Waals surface area (Å²) in [4.78, 5) is 53.1. The van der Waals surface area contributed by atoms with Gasteiger partial charge in [0.05, 0.1) is 18.8 Å². The summed E-state index contributed by atoms with van der Waals surface area (Å²) in [7, 11) is 0. The Labute approximate surface area is 210 Å². The topological polar surface area (TPSA) is 83.3 Å². The van der Waals surface area contributed by atoms with Crippen molar-refractivity contribution in [1.29, 1.82) is 0 Å². The molecule has 0 saturated heterocycles. The molecular formula is C26H54BNO6. The molecule has 0 fully saturated rings. The van der Waals surface area contributed by atoms with E-state index in [1.807, 2.05) is 0 Å². The van der Waals surface area contributed by atoms with E-state index in [1.165, 1.54) is 0 Å². The molecule has 7 nitrogen and oxygen atoms in total. The summed E-state index contributed by atoms with van der Waals surface area (Å²) in [5, 5.41) is -0.614. The predicted molar refractivity (Wildman–Crippen MR) is 140 cm³/mol. The van der Waals surface area contributed by atoms with Gasteiger partial charge in [-0.3, -0.25) is 0 Å². The van der Waals surface area contributed by atoms with E-state index in [-0.39, 0.29) is 27.2 Å². The fourth-order valence-electron chi connectivity index (χ4n) is 3.57. The average Bonchev–Trinajstić information content (AvgIpc) is 2.78. The summed E-state index contributed by atoms with van der Waals surface area (Å²) in [6, 6.07) is 0. The van der Waals surface area contributed by atoms with Crippen molar-refractivity contribution < 1.29 is 34.3 Å². The molecule has 0 aromatic carbocycles. The molecule has 0 aromatic heterocycles. The van der Waals surface area contributed by atoms with Crippen LogP contribution in [0.2, 0.25) is 0 Å². The van der Waals surface area contributed by atoms with E-state index in [0.29, 0.717) is 12.8 Å². The lowest BCUT2D eigenvalue weighted by atomic mass is 9.95. The van der Waals surface area contributed by atoms with Gasteiger partial charge in [-0.05, 0) is 25.7 Å². The number of carbonyl (C=O) groups is 3. The molecule has 0 saturated carbocycles. The Kier molecular flexibility index (Phi) is 25.0. The van der Waals surface area contributed by atoms with Gasteiger partial charge in [0.25, 0.3) is 0 Å². The molecule has 0 rings (SSSR count). The van der Waals surface area contributed by atoms with E-state index >= 15 is 0 Å². The lowest BCUT2D eigenvalue weighted by Gasteiger charge is -2.17. The number of hydrogen-bond acceptors (Lipinski definition) is 6. The normalized spacial score (nSPS) is 10.8. The van der Waals surface area contributed by atoms with Crippen LogP contribution in [0.1, 0.15) is 143 Å². The number of rotatable bonds is 22. The van der Waals surface area contributed by atoms with Crippen molar-refractivity contribution in [3.8, 4) is 0 Å². The molecule has 8 heteroatoms. The Morgan fingerprint density at radius 2 is 0.941 bits per heavy atom. The molecule has 0 radical (unpaired) electrons. The fraction of sp³-hybridized carbons (Fsp3) is 0.885. The molecule has 0 aromatic rings. The number of nitrogens with one attached hydrogen (secondary N) is 1. The van der Waals surface area contributed by atoms with Crippen LogP contribution in [0.5, 0.6) is 0 Å². The first-order valence-corrected chi connectivity index (χ1v) is 13.5. The Morgan fingerprint density at radius 3 is 1.32 bits per heavy atom. The van der Waals surface area contributed by atoms with Crippen molar-refractivity contribution in [3.63, 3.8) is 0 Å². The maximum absolute atomic E-state index is 12.9. The highest BCUT2D eigenvalue weighted by Crippen LogP contribution is 2.18. The van der Waals surface area contributed by atoms with E-state index < -0.39 is 23.3 Å². The highest BCUT2D eigenvalue weighted by Gasteiger charge is 2.30. The van der Waals surface area contributed by atoms with E-state index in [1.54, 1.807) is 0 Å². The maximum atomic E-state index is 12.9. The van der Waals surface area contributed by atoms with Gasteiger partial charge in [-0.15, -0.1) is 0 Å². The van der Waals surface area contributed by atoms with Crippen molar-refractivity contribution in [2.24, 2.45) is 5.92 Å². The van der Waals surface area contributed by atoms with E-state index in [4.69, 9.17) is 14.5 Å². The average molecular weight is 488 g/mol. The molecule has 202 valence electrons. The van der Waals surface area contributed by atoms with Crippen LogP contribution in [0.25, 0.3) is 0 Å². The quantitative estimate of drug-likeness (QED) is 0.137. The summed E-state index contributed by atoms with van der Waals surface area (Å²) in [6.45, 7) is 8.44. The SMILES string of the molecule is CCCCCCC(=O)O[NH+](OC(=O)CCCCCC)OC(=O)C(CCCCC)CCCCC.[BH4-]. The largest absolute Gasteiger partial charge is 0.381 e. The van der Waals surface area contributed by atoms with Crippen molar-refractivity contribution in [2.75, 3.05) is 0 Å². The highest BCUT2D eigenvalue weighted by molar-refractivity contribution is 5.75. The maximum Gasteiger partial charge on any atom is 0.381 e. The number of hydrogen-bond donors (Lipinski definition) is 1. The van der Waals surface area contributed by atoms with Crippen LogP contribution in [-0.4, -0.2) is 26.3 Å². The van der Waals surface area contributed by atoms with Gasteiger partial charge in [-0.25, -0.2) is 14.4 Å². The Hall–Kier alpha value is -1.57. The molecule has 0 unspecified atom stereocenters. The summed E-state index contributed by atoms with van der Waals surface area (Å²) in [6.07, 6.45) is 15.4. The molecule has 0 amide bonds. The first-order valence-electron chi connectivity index (χ1n) is 13.5. The zero-order valence-corrected chi connectivity index (χ0v) is 21.8. The minimum Gasteiger partial charge on any atom is -0.245 e. The minimum atomic E-state index is -0.614. The van der Waals surface area contributed by atoms with E-state index in [2.05, 4.69) is 27.7 Å². The summed E-state index contributed by atoms with van der Waals surface area (Å²) in [5.74, 6) is -1.85. The molecule has 34 heavy (non-hydrogen) atoms. The number of unbranched alkanes of at least 4 members (excludes halogenated alkanes) is 10. The van der Waals surface area contributed by atoms with Gasteiger partial charge in [0.15, 0.2) is 0 Å². The van der Waals surface area contributed by atoms with Gasteiger partial charge in [0, 0.05) is 0 Å². The smallest absolute Gasteiger partial charge is 0.245 e. The van der Waals surface area contributed by atoms with Crippen LogP contribution in [0.4, 0.5) is 0 Å². The molecule has 0 aliphatic carbocycles. The second-order valence-corrected chi connectivity index (χ2v) is 8.93. The summed E-state index contributed by atoms with van der Waals surface area (Å²) < 4.78 is 0. The van der Waals surface area contributed by atoms with Crippen LogP contribution in [0.3, 0.4) is 0 Å². The van der Waals surface area contributed by atoms with Crippen LogP contribution in [-0.2, 0) is 28.9 Å². The minimum absolute atomic E-state index is 0. The van der Waals surface area contributed by atoms with Crippen molar-refractivity contribution in [1.82, 2.24) is 0 Å². The zero-order valence-electron chi connectivity index (χ0n) is 21.8. The van der Waals surface area contributed by atoms with Crippen LogP contribution in [0, 0.1) is 5.92 Å². The third-order valence-corrected chi connectivity index (χ3v) is 5.69. The van der Waals surface area contributed by atoms with Crippen LogP contribution < -0.4 is 5.39 Å². The van der Waals surface area contributed by atoms with Crippen molar-refractivity contribution in [2.45, 2.75) is 143 Å². The second kappa shape index (κ2) is 24.6. The third kappa shape index (κ3) is 19.9. The Bertz CT molecular complexity index is 482. The van der Waals surface area contributed by atoms with Gasteiger partial charge >= 0.3 is 17.9 Å². The predicted octanol–water partition coefficient (Wildman–Crippen LogP) is 4.51. The molecule has 0 bridgehead atoms. The third-order valence-electron chi connectivity index (χ3n) is 5.69.